The van der Waals surface area contributed by atoms with Gasteiger partial charge < -0.3 is 9.47 Å². The molecule has 1 aliphatic rings. The quantitative estimate of drug-likeness (QED) is 0.451. The van der Waals surface area contributed by atoms with E-state index in [2.05, 4.69) is 37.0 Å². The van der Waals surface area contributed by atoms with E-state index in [0.29, 0.717) is 0 Å². The van der Waals surface area contributed by atoms with Crippen LogP contribution in [0.2, 0.25) is 0 Å². The van der Waals surface area contributed by atoms with Crippen LogP contribution in [-0.2, 0) is 24.2 Å². The maximum absolute atomic E-state index is 13.3. The van der Waals surface area contributed by atoms with Gasteiger partial charge in [-0.1, -0.05) is 54.1 Å². The van der Waals surface area contributed by atoms with Crippen LogP contribution in [0.15, 0.2) is 60.8 Å². The van der Waals surface area contributed by atoms with E-state index in [1.807, 2.05) is 52.1 Å². The molecule has 0 N–H and O–H groups in total. The molecule has 5 nitrogen and oxygen atoms in total. The molecule has 1 aliphatic heterocycles. The van der Waals surface area contributed by atoms with Crippen molar-refractivity contribution < 1.29 is 4.79 Å². The van der Waals surface area contributed by atoms with Crippen LogP contribution >= 0.6 is 11.3 Å². The van der Waals surface area contributed by atoms with E-state index in [-0.39, 0.29) is 12.5 Å². The molecule has 2 aromatic carbocycles. The smallest absolute Gasteiger partial charge is 0.242 e. The Hall–Kier alpha value is -3.25. The lowest BCUT2D eigenvalue weighted by molar-refractivity contribution is -0.131. The predicted molar refractivity (Wildman–Crippen MR) is 129 cm³/mol. The molecule has 0 bridgehead atoms. The van der Waals surface area contributed by atoms with Crippen molar-refractivity contribution in [2.75, 3.05) is 13.1 Å². The van der Waals surface area contributed by atoms with Gasteiger partial charge in [-0.15, -0.1) is 11.3 Å². The minimum atomic E-state index is 0.127. The summed E-state index contributed by atoms with van der Waals surface area (Å²) in [4.78, 5) is 26.2. The van der Waals surface area contributed by atoms with Crippen molar-refractivity contribution in [3.63, 3.8) is 0 Å². The Bertz CT molecular complexity index is 1230. The van der Waals surface area contributed by atoms with Gasteiger partial charge in [0, 0.05) is 48.1 Å². The third kappa shape index (κ3) is 4.23. The van der Waals surface area contributed by atoms with E-state index in [0.717, 1.165) is 59.3 Å². The zero-order valence-corrected chi connectivity index (χ0v) is 19.2. The van der Waals surface area contributed by atoms with E-state index in [4.69, 9.17) is 4.98 Å². The zero-order valence-electron chi connectivity index (χ0n) is 18.4. The van der Waals surface area contributed by atoms with Gasteiger partial charge in [0.2, 0.25) is 5.91 Å². The van der Waals surface area contributed by atoms with Gasteiger partial charge in [-0.25, -0.2) is 9.97 Å². The number of carbonyl (C=O) groups is 1. The molecular weight excluding hydrogens is 416 g/mol. The summed E-state index contributed by atoms with van der Waals surface area (Å²) < 4.78 is 2.00. The molecule has 0 aliphatic carbocycles. The second-order valence-electron chi connectivity index (χ2n) is 8.30. The Morgan fingerprint density at radius 1 is 0.969 bits per heavy atom. The lowest BCUT2D eigenvalue weighted by atomic mass is 10.1. The summed E-state index contributed by atoms with van der Waals surface area (Å²) >= 11 is 1.76. The van der Waals surface area contributed by atoms with E-state index >= 15 is 0 Å². The number of thiazole rings is 1. The molecule has 5 rings (SSSR count). The first kappa shape index (κ1) is 20.6. The van der Waals surface area contributed by atoms with Crippen LogP contribution < -0.4 is 0 Å². The monoisotopic (exact) mass is 442 g/mol. The van der Waals surface area contributed by atoms with Gasteiger partial charge in [0.15, 0.2) is 0 Å². The largest absolute Gasteiger partial charge is 0.340 e. The van der Waals surface area contributed by atoms with Crippen molar-refractivity contribution in [1.29, 1.82) is 0 Å². The highest BCUT2D eigenvalue weighted by Crippen LogP contribution is 2.26. The van der Waals surface area contributed by atoms with E-state index < -0.39 is 0 Å². The number of aromatic nitrogens is 3. The molecule has 0 spiro atoms. The Labute approximate surface area is 192 Å². The fraction of sp³-hybridized carbons (Fsp3) is 0.269. The Kier molecular flexibility index (Phi) is 5.62. The molecule has 6 heteroatoms. The highest BCUT2D eigenvalue weighted by atomic mass is 32.1. The zero-order chi connectivity index (χ0) is 22.1. The molecule has 0 fully saturated rings. The maximum Gasteiger partial charge on any atom is 0.242 e. The standard InChI is InChI=1S/C26H26N4OS/c1-18-7-6-10-21(15-18)23-16-30(26(28-23)20-8-4-3-5-9-20)17-25(31)29-13-11-22-24(12-14-29)32-19(2)27-22/h3-10,15-16H,11-14,17H2,1-2H3. The second-order valence-corrected chi connectivity index (χ2v) is 9.58. The minimum Gasteiger partial charge on any atom is -0.340 e. The molecular formula is C26H26N4OS. The third-order valence-electron chi connectivity index (χ3n) is 5.89. The molecule has 0 atom stereocenters. The molecule has 1 amide bonds. The number of imidazole rings is 1. The van der Waals surface area contributed by atoms with Gasteiger partial charge >= 0.3 is 0 Å². The summed E-state index contributed by atoms with van der Waals surface area (Å²) in [6.07, 6.45) is 3.72. The van der Waals surface area contributed by atoms with Gasteiger partial charge in [-0.05, 0) is 19.9 Å². The average molecular weight is 443 g/mol. The number of nitrogens with zero attached hydrogens (tertiary/aromatic N) is 4. The average Bonchev–Trinajstić information content (AvgIpc) is 3.31. The highest BCUT2D eigenvalue weighted by Gasteiger charge is 2.22. The predicted octanol–water partition coefficient (Wildman–Crippen LogP) is 4.92. The Morgan fingerprint density at radius 2 is 1.75 bits per heavy atom. The van der Waals surface area contributed by atoms with Gasteiger partial charge in [0.1, 0.15) is 12.4 Å². The van der Waals surface area contributed by atoms with Crippen LogP contribution in [0.5, 0.6) is 0 Å². The van der Waals surface area contributed by atoms with Crippen LogP contribution in [0.3, 0.4) is 0 Å². The van der Waals surface area contributed by atoms with Crippen molar-refractivity contribution >= 4 is 17.2 Å². The third-order valence-corrected chi connectivity index (χ3v) is 6.97. The van der Waals surface area contributed by atoms with E-state index in [1.165, 1.54) is 10.4 Å². The van der Waals surface area contributed by atoms with E-state index in [1.54, 1.807) is 11.3 Å². The van der Waals surface area contributed by atoms with Crippen LogP contribution in [0.4, 0.5) is 0 Å². The highest BCUT2D eigenvalue weighted by molar-refractivity contribution is 7.11. The number of hydrogen-bond acceptors (Lipinski definition) is 4. The number of benzene rings is 2. The summed E-state index contributed by atoms with van der Waals surface area (Å²) in [6.45, 7) is 5.88. The lowest BCUT2D eigenvalue weighted by Gasteiger charge is -2.21. The normalized spacial score (nSPS) is 13.6. The molecule has 4 aromatic rings. The first-order chi connectivity index (χ1) is 15.6. The number of rotatable bonds is 4. The topological polar surface area (TPSA) is 51.0 Å². The van der Waals surface area contributed by atoms with E-state index in [9.17, 15) is 4.79 Å². The Balaban J connectivity index is 1.42. The fourth-order valence-corrected chi connectivity index (χ4v) is 5.26. The first-order valence-electron chi connectivity index (χ1n) is 11.0. The molecule has 32 heavy (non-hydrogen) atoms. The Morgan fingerprint density at radius 3 is 2.56 bits per heavy atom. The lowest BCUT2D eigenvalue weighted by Crippen LogP contribution is -2.35. The second kappa shape index (κ2) is 8.71. The molecule has 0 saturated carbocycles. The van der Waals surface area contributed by atoms with Gasteiger partial charge in [0.05, 0.1) is 16.4 Å². The fourth-order valence-electron chi connectivity index (χ4n) is 4.28. The summed E-state index contributed by atoms with van der Waals surface area (Å²) in [7, 11) is 0. The van der Waals surface area contributed by atoms with Crippen molar-refractivity contribution in [2.24, 2.45) is 0 Å². The van der Waals surface area contributed by atoms with Crippen LogP contribution in [0, 0.1) is 13.8 Å². The molecule has 162 valence electrons. The molecule has 0 saturated heterocycles. The van der Waals surface area contributed by atoms with Crippen molar-refractivity contribution in [2.45, 2.75) is 33.2 Å². The maximum atomic E-state index is 13.3. The summed E-state index contributed by atoms with van der Waals surface area (Å²) in [5, 5.41) is 1.12. The number of carbonyl (C=O) groups excluding carboxylic acids is 1. The van der Waals surface area contributed by atoms with Crippen molar-refractivity contribution in [3.05, 3.63) is 81.9 Å². The van der Waals surface area contributed by atoms with Crippen LogP contribution in [-0.4, -0.2) is 38.4 Å². The van der Waals surface area contributed by atoms with Crippen molar-refractivity contribution in [1.82, 2.24) is 19.4 Å². The SMILES string of the molecule is Cc1cccc(-c2cn(CC(=O)N3CCc4nc(C)sc4CC3)c(-c3ccccc3)n2)c1. The van der Waals surface area contributed by atoms with Crippen LogP contribution in [0.25, 0.3) is 22.6 Å². The molecule has 0 unspecified atom stereocenters. The van der Waals surface area contributed by atoms with Gasteiger partial charge in [0.25, 0.3) is 0 Å². The summed E-state index contributed by atoms with van der Waals surface area (Å²) in [5.74, 6) is 0.948. The molecule has 0 radical (unpaired) electrons. The molecule has 2 aromatic heterocycles. The van der Waals surface area contributed by atoms with Crippen LogP contribution in [0.1, 0.15) is 21.1 Å². The minimum absolute atomic E-state index is 0.127. The van der Waals surface area contributed by atoms with Gasteiger partial charge in [-0.2, -0.15) is 0 Å². The summed E-state index contributed by atoms with van der Waals surface area (Å²) in [5.41, 5.74) is 5.32. The molecule has 3 heterocycles. The number of hydrogen-bond donors (Lipinski definition) is 0. The van der Waals surface area contributed by atoms with Gasteiger partial charge in [-0.3, -0.25) is 4.79 Å². The number of fused-ring (bicyclic) bond motifs is 1. The number of aryl methyl sites for hydroxylation is 2. The summed E-state index contributed by atoms with van der Waals surface area (Å²) in [6, 6.07) is 18.4. The van der Waals surface area contributed by atoms with Crippen molar-refractivity contribution in [3.8, 4) is 22.6 Å². The first-order valence-corrected chi connectivity index (χ1v) is 11.8. The number of amides is 1.